The third kappa shape index (κ3) is 3.52. The molecule has 0 spiro atoms. The van der Waals surface area contributed by atoms with Crippen LogP contribution in [0.25, 0.3) is 0 Å². The van der Waals surface area contributed by atoms with Crippen molar-refractivity contribution < 1.29 is 8.42 Å². The molecule has 0 amide bonds. The van der Waals surface area contributed by atoms with Crippen LogP contribution in [0.5, 0.6) is 0 Å². The van der Waals surface area contributed by atoms with E-state index in [1.807, 2.05) is 33.0 Å². The number of sulfonamides is 1. The monoisotopic (exact) mass is 256 g/mol. The van der Waals surface area contributed by atoms with Crippen molar-refractivity contribution in [1.29, 1.82) is 0 Å². The Morgan fingerprint density at radius 1 is 1.24 bits per heavy atom. The van der Waals surface area contributed by atoms with Gasteiger partial charge in [0.25, 0.3) is 0 Å². The van der Waals surface area contributed by atoms with Crippen LogP contribution in [0.3, 0.4) is 0 Å². The lowest BCUT2D eigenvalue weighted by atomic mass is 10.2. The maximum Gasteiger partial charge on any atom is 0.243 e. The number of hydrogen-bond donors (Lipinski definition) is 1. The first-order valence-corrected chi connectivity index (χ1v) is 7.17. The second kappa shape index (κ2) is 6.14. The first-order valence-electron chi connectivity index (χ1n) is 5.73. The van der Waals surface area contributed by atoms with Crippen molar-refractivity contribution >= 4 is 10.0 Å². The van der Waals surface area contributed by atoms with Gasteiger partial charge in [-0.05, 0) is 26.1 Å². The van der Waals surface area contributed by atoms with E-state index >= 15 is 0 Å². The van der Waals surface area contributed by atoms with E-state index in [4.69, 9.17) is 0 Å². The number of benzene rings is 1. The summed E-state index contributed by atoms with van der Waals surface area (Å²) in [5.74, 6) is 0. The number of rotatable bonds is 6. The van der Waals surface area contributed by atoms with Crippen molar-refractivity contribution in [3.8, 4) is 0 Å². The SMILES string of the molecule is CCN(CCNC)S(=O)(=O)c1ccc(C)cc1. The smallest absolute Gasteiger partial charge is 0.243 e. The summed E-state index contributed by atoms with van der Waals surface area (Å²) in [5, 5.41) is 2.96. The predicted molar refractivity (Wildman–Crippen MR) is 69.5 cm³/mol. The van der Waals surface area contributed by atoms with Crippen molar-refractivity contribution in [1.82, 2.24) is 9.62 Å². The van der Waals surface area contributed by atoms with Crippen molar-refractivity contribution in [3.05, 3.63) is 29.8 Å². The largest absolute Gasteiger partial charge is 0.318 e. The molecule has 0 saturated carbocycles. The number of aryl methyl sites for hydroxylation is 1. The molecular formula is C12H20N2O2S. The van der Waals surface area contributed by atoms with Gasteiger partial charge in [-0.15, -0.1) is 0 Å². The second-order valence-electron chi connectivity index (χ2n) is 3.91. The Bertz CT molecular complexity index is 440. The van der Waals surface area contributed by atoms with Crippen molar-refractivity contribution in [2.45, 2.75) is 18.7 Å². The molecule has 0 saturated heterocycles. The summed E-state index contributed by atoms with van der Waals surface area (Å²) in [6, 6.07) is 6.96. The van der Waals surface area contributed by atoms with E-state index < -0.39 is 10.0 Å². The molecule has 0 atom stereocenters. The van der Waals surface area contributed by atoms with Crippen LogP contribution in [0.2, 0.25) is 0 Å². The molecule has 0 aliphatic rings. The number of likely N-dealkylation sites (N-methyl/N-ethyl adjacent to an activating group) is 2. The number of nitrogens with one attached hydrogen (secondary N) is 1. The third-order valence-corrected chi connectivity index (χ3v) is 4.61. The minimum atomic E-state index is -3.35. The molecule has 0 heterocycles. The fraction of sp³-hybridized carbons (Fsp3) is 0.500. The first kappa shape index (κ1) is 14.2. The van der Waals surface area contributed by atoms with E-state index in [1.165, 1.54) is 4.31 Å². The Morgan fingerprint density at radius 3 is 2.29 bits per heavy atom. The topological polar surface area (TPSA) is 49.4 Å². The summed E-state index contributed by atoms with van der Waals surface area (Å²) in [4.78, 5) is 0.362. The van der Waals surface area contributed by atoms with E-state index in [0.717, 1.165) is 5.56 Å². The van der Waals surface area contributed by atoms with E-state index in [9.17, 15) is 8.42 Å². The zero-order valence-electron chi connectivity index (χ0n) is 10.6. The third-order valence-electron chi connectivity index (χ3n) is 2.62. The van der Waals surface area contributed by atoms with E-state index in [2.05, 4.69) is 5.32 Å². The molecule has 0 radical (unpaired) electrons. The van der Waals surface area contributed by atoms with Crippen molar-refractivity contribution in [2.24, 2.45) is 0 Å². The summed E-state index contributed by atoms with van der Waals surface area (Å²) < 4.78 is 26.0. The summed E-state index contributed by atoms with van der Waals surface area (Å²) in [6.45, 7) is 5.41. The normalized spacial score (nSPS) is 12.0. The number of hydrogen-bond acceptors (Lipinski definition) is 3. The van der Waals surface area contributed by atoms with Gasteiger partial charge >= 0.3 is 0 Å². The van der Waals surface area contributed by atoms with Crippen LogP contribution >= 0.6 is 0 Å². The Morgan fingerprint density at radius 2 is 1.82 bits per heavy atom. The minimum Gasteiger partial charge on any atom is -0.318 e. The standard InChI is InChI=1S/C12H20N2O2S/c1-4-14(10-9-13-3)17(15,16)12-7-5-11(2)6-8-12/h5-8,13H,4,9-10H2,1-3H3. The lowest BCUT2D eigenvalue weighted by Gasteiger charge is -2.20. The average molecular weight is 256 g/mol. The summed E-state index contributed by atoms with van der Waals surface area (Å²) >= 11 is 0. The molecule has 5 heteroatoms. The van der Waals surface area contributed by atoms with Crippen LogP contribution in [0, 0.1) is 6.92 Å². The van der Waals surface area contributed by atoms with Gasteiger partial charge in [-0.3, -0.25) is 0 Å². The Kier molecular flexibility index (Phi) is 5.11. The highest BCUT2D eigenvalue weighted by Crippen LogP contribution is 2.15. The van der Waals surface area contributed by atoms with E-state index in [-0.39, 0.29) is 0 Å². The fourth-order valence-electron chi connectivity index (χ4n) is 1.54. The summed E-state index contributed by atoms with van der Waals surface area (Å²) in [6.07, 6.45) is 0. The molecule has 0 unspecified atom stereocenters. The highest BCUT2D eigenvalue weighted by atomic mass is 32.2. The first-order chi connectivity index (χ1) is 8.02. The highest BCUT2D eigenvalue weighted by molar-refractivity contribution is 7.89. The van der Waals surface area contributed by atoms with E-state index in [1.54, 1.807) is 12.1 Å². The van der Waals surface area contributed by atoms with Crippen LogP contribution in [0.15, 0.2) is 29.2 Å². The second-order valence-corrected chi connectivity index (χ2v) is 5.85. The molecule has 0 bridgehead atoms. The lowest BCUT2D eigenvalue weighted by molar-refractivity contribution is 0.425. The molecule has 17 heavy (non-hydrogen) atoms. The molecular weight excluding hydrogens is 236 g/mol. The van der Waals surface area contributed by atoms with Gasteiger partial charge in [0.2, 0.25) is 10.0 Å². The van der Waals surface area contributed by atoms with Gasteiger partial charge in [-0.1, -0.05) is 24.6 Å². The maximum atomic E-state index is 12.3. The molecule has 0 aliphatic heterocycles. The van der Waals surface area contributed by atoms with Gasteiger partial charge in [0.1, 0.15) is 0 Å². The molecule has 1 aromatic rings. The molecule has 0 aromatic heterocycles. The van der Waals surface area contributed by atoms with Crippen LogP contribution in [0.4, 0.5) is 0 Å². The van der Waals surface area contributed by atoms with Gasteiger partial charge in [-0.2, -0.15) is 4.31 Å². The van der Waals surface area contributed by atoms with Crippen molar-refractivity contribution in [3.63, 3.8) is 0 Å². The predicted octanol–water partition coefficient (Wildman–Crippen LogP) is 1.23. The van der Waals surface area contributed by atoms with Crippen LogP contribution in [-0.4, -0.2) is 39.4 Å². The van der Waals surface area contributed by atoms with Gasteiger partial charge in [-0.25, -0.2) is 8.42 Å². The Hall–Kier alpha value is -0.910. The van der Waals surface area contributed by atoms with Gasteiger partial charge < -0.3 is 5.32 Å². The zero-order valence-corrected chi connectivity index (χ0v) is 11.4. The summed E-state index contributed by atoms with van der Waals surface area (Å²) in [7, 11) is -1.53. The highest BCUT2D eigenvalue weighted by Gasteiger charge is 2.21. The average Bonchev–Trinajstić information content (AvgIpc) is 2.30. The van der Waals surface area contributed by atoms with Gasteiger partial charge in [0.15, 0.2) is 0 Å². The Balaban J connectivity index is 2.95. The molecule has 1 N–H and O–H groups in total. The number of nitrogens with zero attached hydrogens (tertiary/aromatic N) is 1. The maximum absolute atomic E-state index is 12.3. The molecule has 0 aliphatic carbocycles. The van der Waals surface area contributed by atoms with Crippen LogP contribution < -0.4 is 5.32 Å². The van der Waals surface area contributed by atoms with Gasteiger partial charge in [0, 0.05) is 19.6 Å². The minimum absolute atomic E-state index is 0.362. The van der Waals surface area contributed by atoms with E-state index in [0.29, 0.717) is 24.5 Å². The summed E-state index contributed by atoms with van der Waals surface area (Å²) in [5.41, 5.74) is 1.06. The molecule has 96 valence electrons. The molecule has 0 fully saturated rings. The quantitative estimate of drug-likeness (QED) is 0.832. The fourth-order valence-corrected chi connectivity index (χ4v) is 2.99. The molecule has 1 rings (SSSR count). The molecule has 4 nitrogen and oxygen atoms in total. The Labute approximate surface area is 104 Å². The van der Waals surface area contributed by atoms with Crippen LogP contribution in [0.1, 0.15) is 12.5 Å². The zero-order chi connectivity index (χ0) is 12.9. The van der Waals surface area contributed by atoms with Gasteiger partial charge in [0.05, 0.1) is 4.90 Å². The van der Waals surface area contributed by atoms with Crippen LogP contribution in [-0.2, 0) is 10.0 Å². The lowest BCUT2D eigenvalue weighted by Crippen LogP contribution is -2.35. The molecule has 1 aromatic carbocycles. The van der Waals surface area contributed by atoms with Crippen molar-refractivity contribution in [2.75, 3.05) is 26.7 Å².